The van der Waals surface area contributed by atoms with Crippen molar-refractivity contribution in [1.29, 1.82) is 0 Å². The summed E-state index contributed by atoms with van der Waals surface area (Å²) in [6.45, 7) is 9.24. The number of hydrogen-bond donors (Lipinski definition) is 0. The van der Waals surface area contributed by atoms with E-state index in [1.807, 2.05) is 6.92 Å². The van der Waals surface area contributed by atoms with E-state index in [4.69, 9.17) is 9.47 Å². The first-order valence-corrected chi connectivity index (χ1v) is 9.13. The Bertz CT molecular complexity index is 685. The van der Waals surface area contributed by atoms with Crippen LogP contribution in [0.2, 0.25) is 0 Å². The molecule has 5 rings (SSSR count). The zero-order valence-electron chi connectivity index (χ0n) is 14.6. The summed E-state index contributed by atoms with van der Waals surface area (Å²) >= 11 is 0. The molecule has 1 saturated heterocycles. The summed E-state index contributed by atoms with van der Waals surface area (Å²) in [4.78, 5) is 12.0. The molecule has 3 heteroatoms. The van der Waals surface area contributed by atoms with Gasteiger partial charge in [0, 0.05) is 17.1 Å². The molecule has 0 bridgehead atoms. The second-order valence-corrected chi connectivity index (χ2v) is 9.33. The first kappa shape index (κ1) is 14.3. The van der Waals surface area contributed by atoms with Gasteiger partial charge in [-0.05, 0) is 55.4 Å². The molecule has 1 spiro atoms. The van der Waals surface area contributed by atoms with E-state index >= 15 is 0 Å². The molecule has 5 atom stereocenters. The highest BCUT2D eigenvalue weighted by atomic mass is 16.6. The van der Waals surface area contributed by atoms with Gasteiger partial charge in [-0.25, -0.2) is 4.79 Å². The zero-order chi connectivity index (χ0) is 16.2. The highest BCUT2D eigenvalue weighted by Crippen LogP contribution is 2.71. The van der Waals surface area contributed by atoms with Crippen LogP contribution >= 0.6 is 0 Å². The topological polar surface area (TPSA) is 38.8 Å². The Kier molecular flexibility index (Phi) is 2.44. The number of hydrogen-bond acceptors (Lipinski definition) is 3. The van der Waals surface area contributed by atoms with Gasteiger partial charge in [0.25, 0.3) is 0 Å². The maximum absolute atomic E-state index is 12.0. The third-order valence-corrected chi connectivity index (χ3v) is 7.82. The lowest BCUT2D eigenvalue weighted by atomic mass is 9.45. The first-order valence-electron chi connectivity index (χ1n) is 9.13. The molecule has 3 nitrogen and oxygen atoms in total. The van der Waals surface area contributed by atoms with Crippen molar-refractivity contribution in [2.45, 2.75) is 71.5 Å². The number of fused-ring (bicyclic) bond motifs is 4. The van der Waals surface area contributed by atoms with E-state index in [-0.39, 0.29) is 23.1 Å². The minimum Gasteiger partial charge on any atom is -0.423 e. The molecule has 5 aliphatic rings. The van der Waals surface area contributed by atoms with Gasteiger partial charge in [0.15, 0.2) is 0 Å². The molecule has 0 unspecified atom stereocenters. The molecule has 0 aromatic carbocycles. The van der Waals surface area contributed by atoms with Crippen LogP contribution in [-0.2, 0) is 14.3 Å². The third kappa shape index (κ3) is 1.53. The number of epoxide rings is 1. The lowest BCUT2D eigenvalue weighted by Crippen LogP contribution is -2.55. The number of ether oxygens (including phenoxy) is 2. The number of carbonyl (C=O) groups is 1. The van der Waals surface area contributed by atoms with E-state index in [0.29, 0.717) is 11.3 Å². The molecule has 0 aromatic heterocycles. The van der Waals surface area contributed by atoms with Crippen molar-refractivity contribution >= 4 is 5.97 Å². The van der Waals surface area contributed by atoms with Gasteiger partial charge < -0.3 is 9.47 Å². The predicted octanol–water partition coefficient (Wildman–Crippen LogP) is 4.14. The molecule has 2 aliphatic heterocycles. The smallest absolute Gasteiger partial charge is 0.339 e. The van der Waals surface area contributed by atoms with Crippen molar-refractivity contribution in [3.05, 3.63) is 23.0 Å². The Morgan fingerprint density at radius 2 is 1.96 bits per heavy atom. The summed E-state index contributed by atoms with van der Waals surface area (Å²) < 4.78 is 11.9. The summed E-state index contributed by atoms with van der Waals surface area (Å²) in [5, 5.41) is 0. The van der Waals surface area contributed by atoms with Crippen molar-refractivity contribution in [2.24, 2.45) is 22.7 Å². The highest BCUT2D eigenvalue weighted by Gasteiger charge is 2.73. The zero-order valence-corrected chi connectivity index (χ0v) is 14.6. The van der Waals surface area contributed by atoms with Gasteiger partial charge in [0.2, 0.25) is 0 Å². The van der Waals surface area contributed by atoms with Crippen molar-refractivity contribution in [1.82, 2.24) is 0 Å². The van der Waals surface area contributed by atoms with Crippen LogP contribution in [0.25, 0.3) is 0 Å². The maximum Gasteiger partial charge on any atom is 0.339 e. The summed E-state index contributed by atoms with van der Waals surface area (Å²) in [5.74, 6) is 1.74. The van der Waals surface area contributed by atoms with Crippen molar-refractivity contribution < 1.29 is 14.3 Å². The fourth-order valence-electron chi connectivity index (χ4n) is 6.72. The van der Waals surface area contributed by atoms with Crippen LogP contribution in [0.1, 0.15) is 59.8 Å². The standard InChI is InChI=1S/C20H26O3/c1-11-15-12(22-17(11)21)10-14-19(4)8-5-7-18(2,3)13(19)6-9-20(14)16(15)23-20/h10,13-14,16H,5-9H2,1-4H3/t13-,14+,16-,19+,20+/m1/s1. The van der Waals surface area contributed by atoms with E-state index in [0.717, 1.165) is 29.2 Å². The Hall–Kier alpha value is -1.09. The van der Waals surface area contributed by atoms with Gasteiger partial charge >= 0.3 is 5.97 Å². The van der Waals surface area contributed by atoms with Crippen LogP contribution in [0.15, 0.2) is 23.0 Å². The van der Waals surface area contributed by atoms with Gasteiger partial charge in [-0.3, -0.25) is 0 Å². The monoisotopic (exact) mass is 314 g/mol. The van der Waals surface area contributed by atoms with E-state index in [1.54, 1.807) is 0 Å². The van der Waals surface area contributed by atoms with Gasteiger partial charge in [0.05, 0.1) is 0 Å². The van der Waals surface area contributed by atoms with Gasteiger partial charge in [0.1, 0.15) is 17.5 Å². The Balaban J connectivity index is 1.64. The molecule has 0 amide bonds. The summed E-state index contributed by atoms with van der Waals surface area (Å²) in [7, 11) is 0. The Morgan fingerprint density at radius 1 is 1.17 bits per heavy atom. The fraction of sp³-hybridized carbons (Fsp3) is 0.750. The Labute approximate surface area is 138 Å². The lowest BCUT2D eigenvalue weighted by molar-refractivity contribution is -0.133. The molecule has 2 saturated carbocycles. The van der Waals surface area contributed by atoms with Crippen LogP contribution in [0.4, 0.5) is 0 Å². The summed E-state index contributed by atoms with van der Waals surface area (Å²) in [6, 6.07) is 0. The molecular formula is C20H26O3. The van der Waals surface area contributed by atoms with Crippen LogP contribution in [-0.4, -0.2) is 17.7 Å². The highest BCUT2D eigenvalue weighted by molar-refractivity contribution is 5.94. The van der Waals surface area contributed by atoms with Crippen LogP contribution in [0, 0.1) is 22.7 Å². The second kappa shape index (κ2) is 3.93. The summed E-state index contributed by atoms with van der Waals surface area (Å²) in [6.07, 6.45) is 8.62. The molecule has 2 heterocycles. The SMILES string of the molecule is CC1=C2C(=C[C@H]3[C@@]4(C)CCCC(C)(C)[C@H]4CC[C@]34O[C@H]24)OC1=O. The van der Waals surface area contributed by atoms with E-state index in [9.17, 15) is 4.79 Å². The predicted molar refractivity (Wildman–Crippen MR) is 86.4 cm³/mol. The first-order chi connectivity index (χ1) is 10.8. The molecule has 23 heavy (non-hydrogen) atoms. The molecular weight excluding hydrogens is 288 g/mol. The molecule has 124 valence electrons. The largest absolute Gasteiger partial charge is 0.423 e. The third-order valence-electron chi connectivity index (χ3n) is 7.82. The van der Waals surface area contributed by atoms with Crippen molar-refractivity contribution in [3.8, 4) is 0 Å². The van der Waals surface area contributed by atoms with E-state index in [1.165, 1.54) is 25.7 Å². The number of rotatable bonds is 0. The molecule has 0 radical (unpaired) electrons. The van der Waals surface area contributed by atoms with Gasteiger partial charge in [-0.1, -0.05) is 27.2 Å². The van der Waals surface area contributed by atoms with E-state index in [2.05, 4.69) is 26.8 Å². The van der Waals surface area contributed by atoms with Gasteiger partial charge in [-0.2, -0.15) is 0 Å². The minimum atomic E-state index is -0.179. The average Bonchev–Trinajstić information content (AvgIpc) is 3.11. The fourth-order valence-corrected chi connectivity index (χ4v) is 6.72. The van der Waals surface area contributed by atoms with Crippen LogP contribution in [0.3, 0.4) is 0 Å². The number of esters is 1. The molecule has 0 N–H and O–H groups in total. The molecule has 3 fully saturated rings. The Morgan fingerprint density at radius 3 is 2.74 bits per heavy atom. The minimum absolute atomic E-state index is 0.0489. The van der Waals surface area contributed by atoms with E-state index < -0.39 is 0 Å². The second-order valence-electron chi connectivity index (χ2n) is 9.33. The number of carbonyl (C=O) groups excluding carboxylic acids is 1. The normalized spacial score (nSPS) is 49.5. The molecule has 0 aromatic rings. The average molecular weight is 314 g/mol. The summed E-state index contributed by atoms with van der Waals surface area (Å²) in [5.41, 5.74) is 2.41. The lowest BCUT2D eigenvalue weighted by Gasteiger charge is -2.59. The maximum atomic E-state index is 12.0. The quantitative estimate of drug-likeness (QED) is 0.498. The van der Waals surface area contributed by atoms with Crippen molar-refractivity contribution in [2.75, 3.05) is 0 Å². The van der Waals surface area contributed by atoms with Crippen molar-refractivity contribution in [3.63, 3.8) is 0 Å². The molecule has 3 aliphatic carbocycles. The van der Waals surface area contributed by atoms with Crippen LogP contribution < -0.4 is 0 Å². The van der Waals surface area contributed by atoms with Crippen LogP contribution in [0.5, 0.6) is 0 Å². The van der Waals surface area contributed by atoms with Gasteiger partial charge in [-0.15, -0.1) is 0 Å².